The monoisotopic (exact) mass is 313 g/mol. The number of thioether (sulfide) groups is 1. The second-order valence-corrected chi connectivity index (χ2v) is 7.42. The third-order valence-electron chi connectivity index (χ3n) is 2.93. The van der Waals surface area contributed by atoms with Gasteiger partial charge in [-0.1, -0.05) is 0 Å². The molecule has 1 N–H and O–H groups in total. The van der Waals surface area contributed by atoms with Crippen molar-refractivity contribution in [2.45, 2.75) is 24.8 Å². The molecular weight excluding hydrogens is 291 g/mol. The van der Waals surface area contributed by atoms with Crippen LogP contribution in [0.5, 0.6) is 0 Å². The molecule has 0 aromatic rings. The van der Waals surface area contributed by atoms with Crippen LogP contribution in [0.3, 0.4) is 0 Å². The zero-order valence-electron chi connectivity index (χ0n) is 12.1. The summed E-state index contributed by atoms with van der Waals surface area (Å²) >= 11 is 1.82. The van der Waals surface area contributed by atoms with Crippen LogP contribution in [-0.2, 0) is 0 Å². The molecule has 0 aromatic heterocycles. The smallest absolute Gasteiger partial charge is 0.337 e. The first-order chi connectivity index (χ1) is 9.09. The quantitative estimate of drug-likeness (QED) is 0.862. The predicted molar refractivity (Wildman–Crippen MR) is 75.1 cm³/mol. The van der Waals surface area contributed by atoms with Crippen LogP contribution >= 0.6 is 11.8 Å². The molecular formula is C12H22F3N3OS. The molecule has 0 aromatic carbocycles. The van der Waals surface area contributed by atoms with Crippen LogP contribution in [-0.4, -0.2) is 72.3 Å². The van der Waals surface area contributed by atoms with E-state index in [-0.39, 0.29) is 23.9 Å². The number of carbonyl (C=O) groups excluding carboxylic acids is 1. The number of likely N-dealkylation sites (N-methyl/N-ethyl adjacent to an activating group) is 1. The van der Waals surface area contributed by atoms with Crippen LogP contribution < -0.4 is 5.32 Å². The van der Waals surface area contributed by atoms with E-state index in [1.807, 2.05) is 11.8 Å². The van der Waals surface area contributed by atoms with Gasteiger partial charge < -0.3 is 10.2 Å². The molecule has 0 atom stereocenters. The van der Waals surface area contributed by atoms with Crippen molar-refractivity contribution in [2.75, 3.05) is 45.5 Å². The third kappa shape index (κ3) is 6.69. The summed E-state index contributed by atoms with van der Waals surface area (Å²) in [6.45, 7) is 4.92. The van der Waals surface area contributed by atoms with Crippen LogP contribution in [0.25, 0.3) is 0 Å². The Kier molecular flexibility index (Phi) is 6.00. The summed E-state index contributed by atoms with van der Waals surface area (Å²) in [5, 5.41) is 2.68. The first kappa shape index (κ1) is 17.4. The van der Waals surface area contributed by atoms with Gasteiger partial charge in [0.2, 0.25) is 0 Å². The molecule has 0 bridgehead atoms. The van der Waals surface area contributed by atoms with Crippen LogP contribution in [0.15, 0.2) is 0 Å². The summed E-state index contributed by atoms with van der Waals surface area (Å²) in [4.78, 5) is 14.8. The van der Waals surface area contributed by atoms with Crippen LogP contribution in [0.4, 0.5) is 18.0 Å². The average molecular weight is 313 g/mol. The highest BCUT2D eigenvalue weighted by Crippen LogP contribution is 2.29. The average Bonchev–Trinajstić information content (AvgIpc) is 2.24. The number of hydrogen-bond acceptors (Lipinski definition) is 3. The molecule has 1 rings (SSSR count). The maximum Gasteiger partial charge on any atom is 0.401 e. The first-order valence-electron chi connectivity index (χ1n) is 6.51. The SMILES string of the molecule is CN(CCNC(=O)N1CCSC(C)(C)C1)CC(F)(F)F. The second-order valence-electron chi connectivity index (χ2n) is 5.61. The van der Waals surface area contributed by atoms with Gasteiger partial charge in [-0.15, -0.1) is 0 Å². The Bertz CT molecular complexity index is 336. The zero-order chi connectivity index (χ0) is 15.4. The van der Waals surface area contributed by atoms with Crippen LogP contribution in [0.1, 0.15) is 13.8 Å². The molecule has 0 aliphatic carbocycles. The van der Waals surface area contributed by atoms with Crippen molar-refractivity contribution in [3.8, 4) is 0 Å². The van der Waals surface area contributed by atoms with Gasteiger partial charge in [0.05, 0.1) is 6.54 Å². The number of nitrogens with one attached hydrogen (secondary N) is 1. The molecule has 0 unspecified atom stereocenters. The molecule has 1 fully saturated rings. The Morgan fingerprint density at radius 2 is 2.10 bits per heavy atom. The van der Waals surface area contributed by atoms with E-state index in [1.165, 1.54) is 7.05 Å². The molecule has 1 aliphatic heterocycles. The summed E-state index contributed by atoms with van der Waals surface area (Å²) in [5.74, 6) is 0.883. The van der Waals surface area contributed by atoms with Crippen LogP contribution in [0.2, 0.25) is 0 Å². The van der Waals surface area contributed by atoms with E-state index in [0.717, 1.165) is 10.7 Å². The fourth-order valence-corrected chi connectivity index (χ4v) is 3.15. The fourth-order valence-electron chi connectivity index (χ4n) is 2.04. The highest BCUT2D eigenvalue weighted by atomic mass is 32.2. The van der Waals surface area contributed by atoms with Crippen molar-refractivity contribution >= 4 is 17.8 Å². The molecule has 0 saturated carbocycles. The topological polar surface area (TPSA) is 35.6 Å². The Labute approximate surface area is 122 Å². The van der Waals surface area contributed by atoms with Gasteiger partial charge in [-0.05, 0) is 20.9 Å². The minimum Gasteiger partial charge on any atom is -0.337 e. The first-order valence-corrected chi connectivity index (χ1v) is 7.50. The lowest BCUT2D eigenvalue weighted by Gasteiger charge is -2.37. The Hall–Kier alpha value is -0.630. The number of halogens is 3. The lowest BCUT2D eigenvalue weighted by molar-refractivity contribution is -0.142. The van der Waals surface area contributed by atoms with E-state index in [4.69, 9.17) is 0 Å². The maximum absolute atomic E-state index is 12.1. The van der Waals surface area contributed by atoms with Gasteiger partial charge in [-0.2, -0.15) is 24.9 Å². The molecule has 118 valence electrons. The number of amides is 2. The van der Waals surface area contributed by atoms with Gasteiger partial charge in [0, 0.05) is 36.7 Å². The third-order valence-corrected chi connectivity index (χ3v) is 4.23. The number of rotatable bonds is 4. The van der Waals surface area contributed by atoms with Gasteiger partial charge in [0.15, 0.2) is 0 Å². The number of carbonyl (C=O) groups is 1. The molecule has 1 heterocycles. The molecule has 0 spiro atoms. The molecule has 1 saturated heterocycles. The molecule has 20 heavy (non-hydrogen) atoms. The van der Waals surface area contributed by atoms with Crippen molar-refractivity contribution in [2.24, 2.45) is 0 Å². The Morgan fingerprint density at radius 3 is 2.65 bits per heavy atom. The van der Waals surface area contributed by atoms with Gasteiger partial charge in [-0.25, -0.2) is 4.79 Å². The number of urea groups is 1. The van der Waals surface area contributed by atoms with Crippen molar-refractivity contribution < 1.29 is 18.0 Å². The van der Waals surface area contributed by atoms with Gasteiger partial charge in [0.1, 0.15) is 0 Å². The van der Waals surface area contributed by atoms with Gasteiger partial charge in [-0.3, -0.25) is 4.90 Å². The molecule has 1 aliphatic rings. The summed E-state index contributed by atoms with van der Waals surface area (Å²) in [5.41, 5.74) is 0. The largest absolute Gasteiger partial charge is 0.401 e. The highest BCUT2D eigenvalue weighted by Gasteiger charge is 2.30. The van der Waals surface area contributed by atoms with Crippen molar-refractivity contribution in [1.29, 1.82) is 0 Å². The molecule has 0 radical (unpaired) electrons. The highest BCUT2D eigenvalue weighted by molar-refractivity contribution is 8.00. The fraction of sp³-hybridized carbons (Fsp3) is 0.917. The van der Waals surface area contributed by atoms with Crippen molar-refractivity contribution in [3.63, 3.8) is 0 Å². The van der Waals surface area contributed by atoms with Crippen molar-refractivity contribution in [1.82, 2.24) is 15.1 Å². The van der Waals surface area contributed by atoms with E-state index >= 15 is 0 Å². The number of nitrogens with zero attached hydrogens (tertiary/aromatic N) is 2. The standard InChI is InChI=1S/C12H22F3N3OS/c1-11(2)8-18(6-7-20-11)10(19)16-4-5-17(3)9-12(13,14)15/h4-9H2,1-3H3,(H,16,19). The zero-order valence-corrected chi connectivity index (χ0v) is 12.9. The summed E-state index contributed by atoms with van der Waals surface area (Å²) in [6, 6.07) is -0.196. The van der Waals surface area contributed by atoms with Crippen molar-refractivity contribution in [3.05, 3.63) is 0 Å². The van der Waals surface area contributed by atoms with E-state index in [9.17, 15) is 18.0 Å². The maximum atomic E-state index is 12.1. The lowest BCUT2D eigenvalue weighted by atomic mass is 10.2. The molecule has 8 heteroatoms. The summed E-state index contributed by atoms with van der Waals surface area (Å²) in [6.07, 6.45) is -4.20. The predicted octanol–water partition coefficient (Wildman–Crippen LogP) is 2.02. The lowest BCUT2D eigenvalue weighted by Crippen LogP contribution is -2.51. The summed E-state index contributed by atoms with van der Waals surface area (Å²) in [7, 11) is 1.39. The van der Waals surface area contributed by atoms with E-state index in [1.54, 1.807) is 4.90 Å². The minimum atomic E-state index is -4.20. The number of hydrogen-bond donors (Lipinski definition) is 1. The minimum absolute atomic E-state index is 0.0304. The van der Waals surface area contributed by atoms with E-state index in [0.29, 0.717) is 13.1 Å². The normalized spacial score (nSPS) is 19.2. The molecule has 2 amide bonds. The van der Waals surface area contributed by atoms with Gasteiger partial charge in [0.25, 0.3) is 0 Å². The Balaban J connectivity index is 2.26. The number of alkyl halides is 3. The van der Waals surface area contributed by atoms with E-state index in [2.05, 4.69) is 19.2 Å². The van der Waals surface area contributed by atoms with Gasteiger partial charge >= 0.3 is 12.2 Å². The summed E-state index contributed by atoms with van der Waals surface area (Å²) < 4.78 is 36.4. The second kappa shape index (κ2) is 6.89. The molecule has 4 nitrogen and oxygen atoms in total. The van der Waals surface area contributed by atoms with Crippen LogP contribution in [0, 0.1) is 0 Å². The van der Waals surface area contributed by atoms with E-state index < -0.39 is 12.7 Å². The Morgan fingerprint density at radius 1 is 1.45 bits per heavy atom.